The monoisotopic (exact) mass is 705 g/mol. The quantitative estimate of drug-likeness (QED) is 0.116. The van der Waals surface area contributed by atoms with Gasteiger partial charge in [-0.3, -0.25) is 9.78 Å². The summed E-state index contributed by atoms with van der Waals surface area (Å²) in [4.78, 5) is 15.3. The van der Waals surface area contributed by atoms with Crippen molar-refractivity contribution in [2.45, 2.75) is 52.9 Å². The van der Waals surface area contributed by atoms with Gasteiger partial charge in [0, 0.05) is 37.0 Å². The topological polar surface area (TPSA) is 50.2 Å². The van der Waals surface area contributed by atoms with Crippen LogP contribution in [0.3, 0.4) is 0 Å². The van der Waals surface area contributed by atoms with E-state index in [-0.39, 0.29) is 37.1 Å². The molecule has 5 aromatic rings. The molecule has 1 aliphatic carbocycles. The Morgan fingerprint density at radius 2 is 1.57 bits per heavy atom. The summed E-state index contributed by atoms with van der Waals surface area (Å²) in [5, 5.41) is 12.0. The van der Waals surface area contributed by atoms with Gasteiger partial charge >= 0.3 is 0 Å². The third kappa shape index (κ3) is 5.14. The van der Waals surface area contributed by atoms with Gasteiger partial charge in [-0.15, -0.1) is 29.1 Å². The molecule has 1 heterocycles. The van der Waals surface area contributed by atoms with E-state index in [1.54, 1.807) is 0 Å². The fraction of sp³-hybridized carbons (Fsp3) is 0.222. The number of para-hydroxylation sites is 1. The number of carbonyl (C=O) groups excluding carboxylic acids is 1. The second-order valence-electron chi connectivity index (χ2n) is 11.1. The first-order chi connectivity index (χ1) is 18.6. The van der Waals surface area contributed by atoms with Crippen LogP contribution < -0.4 is 0 Å². The minimum Gasteiger partial charge on any atom is -0.512 e. The number of hydrogen-bond donors (Lipinski definition) is 1. The number of nitrogens with zero attached hydrogens (tertiary/aromatic N) is 1. The van der Waals surface area contributed by atoms with E-state index in [4.69, 9.17) is 10.1 Å². The Kier molecular flexibility index (Phi) is 8.44. The van der Waals surface area contributed by atoms with Gasteiger partial charge in [0.25, 0.3) is 0 Å². The Morgan fingerprint density at radius 3 is 2.23 bits per heavy atom. The zero-order chi connectivity index (χ0) is 27.9. The van der Waals surface area contributed by atoms with Crippen molar-refractivity contribution in [3.63, 3.8) is 0 Å². The number of benzene rings is 4. The fourth-order valence-corrected chi connectivity index (χ4v) is 6.04. The molecule has 0 saturated carbocycles. The summed E-state index contributed by atoms with van der Waals surface area (Å²) in [5.74, 6) is 0.401. The molecule has 6 rings (SSSR count). The van der Waals surface area contributed by atoms with Crippen LogP contribution in [0.2, 0.25) is 0 Å². The van der Waals surface area contributed by atoms with E-state index in [2.05, 4.69) is 107 Å². The van der Waals surface area contributed by atoms with Gasteiger partial charge in [0.1, 0.15) is 0 Å². The maximum Gasteiger partial charge on any atom is 0.155 e. The standard InChI is InChI=1S/C31H26N.C5H8O2.Ir/c1-19(2)21-15-10-17-25-27-29(31(3,4)28(21)25)24-14-7-8-18-26(24)32-30(27)23-16-9-12-20-11-5-6-13-22(20)23;1-4(6)3-5(2)7;/h5-15,17-19H,1-4H3;3,6H,1-2H3;/q-1;;/b;4-3-;. The molecule has 1 N–H and O–H groups in total. The summed E-state index contributed by atoms with van der Waals surface area (Å²) < 4.78 is 0. The van der Waals surface area contributed by atoms with Crippen LogP contribution in [0, 0.1) is 6.07 Å². The number of carbonyl (C=O) groups is 1. The van der Waals surface area contributed by atoms with Gasteiger partial charge in [-0.2, -0.15) is 0 Å². The molecule has 0 bridgehead atoms. The molecule has 205 valence electrons. The Bertz CT molecular complexity index is 1760. The number of aliphatic hydroxyl groups excluding tert-OH is 1. The van der Waals surface area contributed by atoms with Crippen LogP contribution in [0.5, 0.6) is 0 Å². The normalized spacial score (nSPS) is 13.3. The molecule has 0 atom stereocenters. The zero-order valence-corrected chi connectivity index (χ0v) is 26.2. The number of aromatic nitrogens is 1. The average Bonchev–Trinajstić information content (AvgIpc) is 3.15. The predicted octanol–water partition coefficient (Wildman–Crippen LogP) is 9.32. The number of allylic oxidation sites excluding steroid dienone is 2. The summed E-state index contributed by atoms with van der Waals surface area (Å²) in [6.45, 7) is 12.2. The maximum atomic E-state index is 10.0. The van der Waals surface area contributed by atoms with Gasteiger partial charge < -0.3 is 5.11 Å². The molecule has 3 nitrogen and oxygen atoms in total. The molecule has 0 unspecified atom stereocenters. The van der Waals surface area contributed by atoms with Crippen molar-refractivity contribution in [3.05, 3.63) is 113 Å². The number of pyridine rings is 1. The molecule has 0 saturated heterocycles. The zero-order valence-electron chi connectivity index (χ0n) is 23.8. The number of aliphatic hydroxyl groups is 1. The van der Waals surface area contributed by atoms with Crippen molar-refractivity contribution in [2.75, 3.05) is 0 Å². The van der Waals surface area contributed by atoms with Gasteiger partial charge in [0.05, 0.1) is 11.3 Å². The van der Waals surface area contributed by atoms with Crippen molar-refractivity contribution in [1.82, 2.24) is 4.98 Å². The largest absolute Gasteiger partial charge is 0.512 e. The van der Waals surface area contributed by atoms with Crippen LogP contribution in [0.4, 0.5) is 0 Å². The van der Waals surface area contributed by atoms with E-state index in [1.165, 1.54) is 63.9 Å². The summed E-state index contributed by atoms with van der Waals surface area (Å²) in [6.07, 6.45) is 1.17. The third-order valence-corrected chi connectivity index (χ3v) is 7.50. The number of fused-ring (bicyclic) bond motifs is 6. The van der Waals surface area contributed by atoms with Crippen LogP contribution in [0.15, 0.2) is 90.7 Å². The van der Waals surface area contributed by atoms with Crippen molar-refractivity contribution in [2.24, 2.45) is 0 Å². The molecule has 1 aliphatic rings. The van der Waals surface area contributed by atoms with Crippen molar-refractivity contribution in [1.29, 1.82) is 0 Å². The Hall–Kier alpha value is -3.59. The van der Waals surface area contributed by atoms with Gasteiger partial charge in [-0.05, 0) is 59.3 Å². The molecular weight excluding hydrogens is 671 g/mol. The third-order valence-electron chi connectivity index (χ3n) is 7.50. The summed E-state index contributed by atoms with van der Waals surface area (Å²) in [7, 11) is 0. The Morgan fingerprint density at radius 1 is 0.900 bits per heavy atom. The molecular formula is C36H34IrNO2-. The van der Waals surface area contributed by atoms with Crippen LogP contribution in [-0.4, -0.2) is 15.9 Å². The minimum absolute atomic E-state index is 0. The number of rotatable bonds is 3. The fourth-order valence-electron chi connectivity index (χ4n) is 6.04. The van der Waals surface area contributed by atoms with E-state index in [1.807, 2.05) is 6.07 Å². The molecule has 0 fully saturated rings. The Labute approximate surface area is 250 Å². The van der Waals surface area contributed by atoms with Crippen molar-refractivity contribution < 1.29 is 30.0 Å². The van der Waals surface area contributed by atoms with E-state index in [9.17, 15) is 4.79 Å². The van der Waals surface area contributed by atoms with Crippen molar-refractivity contribution >= 4 is 27.5 Å². The first kappa shape index (κ1) is 29.4. The van der Waals surface area contributed by atoms with Crippen LogP contribution in [0.25, 0.3) is 44.1 Å². The molecule has 4 aromatic carbocycles. The van der Waals surface area contributed by atoms with E-state index in [0.717, 1.165) is 16.8 Å². The minimum atomic E-state index is -0.125. The molecule has 40 heavy (non-hydrogen) atoms. The Balaban J connectivity index is 0.000000413. The van der Waals surface area contributed by atoms with Crippen LogP contribution in [0.1, 0.15) is 64.2 Å². The van der Waals surface area contributed by atoms with Gasteiger partial charge in [0.15, 0.2) is 5.78 Å². The van der Waals surface area contributed by atoms with Crippen LogP contribution in [-0.2, 0) is 30.3 Å². The number of hydrogen-bond acceptors (Lipinski definition) is 3. The SMILES string of the molecule is CC(=O)/C=C(/C)O.CC(C)c1cccc2c1C(C)(C)c1c-2c(-c2[c-]ccc3ccccc23)nc2ccccc12.[Ir]. The molecule has 0 spiro atoms. The molecule has 0 aliphatic heterocycles. The first-order valence-electron chi connectivity index (χ1n) is 13.5. The average molecular weight is 705 g/mol. The summed E-state index contributed by atoms with van der Waals surface area (Å²) >= 11 is 0. The second kappa shape index (κ2) is 11.5. The second-order valence-corrected chi connectivity index (χ2v) is 11.1. The smallest absolute Gasteiger partial charge is 0.155 e. The number of ketones is 1. The molecule has 1 radical (unpaired) electrons. The molecule has 4 heteroatoms. The van der Waals surface area contributed by atoms with E-state index >= 15 is 0 Å². The van der Waals surface area contributed by atoms with Gasteiger partial charge in [0.2, 0.25) is 0 Å². The van der Waals surface area contributed by atoms with Gasteiger partial charge in [-0.1, -0.05) is 93.7 Å². The van der Waals surface area contributed by atoms with Gasteiger partial charge in [-0.25, -0.2) is 0 Å². The summed E-state index contributed by atoms with van der Waals surface area (Å²) in [6, 6.07) is 31.7. The summed E-state index contributed by atoms with van der Waals surface area (Å²) in [5.41, 5.74) is 9.95. The first-order valence-corrected chi connectivity index (χ1v) is 13.5. The van der Waals surface area contributed by atoms with E-state index in [0.29, 0.717) is 5.92 Å². The van der Waals surface area contributed by atoms with E-state index < -0.39 is 0 Å². The predicted molar refractivity (Wildman–Crippen MR) is 162 cm³/mol. The molecule has 1 aromatic heterocycles. The van der Waals surface area contributed by atoms with Crippen LogP contribution >= 0.6 is 0 Å². The molecule has 0 amide bonds. The maximum absolute atomic E-state index is 10.0. The van der Waals surface area contributed by atoms with Crippen molar-refractivity contribution in [3.8, 4) is 22.4 Å².